The van der Waals surface area contributed by atoms with Crippen LogP contribution in [0.25, 0.3) is 6.08 Å². The van der Waals surface area contributed by atoms with Gasteiger partial charge in [0.2, 0.25) is 0 Å². The number of hydrogen-bond donors (Lipinski definition) is 2. The van der Waals surface area contributed by atoms with E-state index in [1.54, 1.807) is 6.08 Å². The third kappa shape index (κ3) is 3.57. The molecular formula is C10H10ClNO2S. The van der Waals surface area contributed by atoms with Gasteiger partial charge in [-0.05, 0) is 23.8 Å². The fourth-order valence-corrected chi connectivity index (χ4v) is 1.33. The highest BCUT2D eigenvalue weighted by Crippen LogP contribution is 2.15. The third-order valence-electron chi connectivity index (χ3n) is 1.70. The van der Waals surface area contributed by atoms with Crippen LogP contribution < -0.4 is 0 Å². The van der Waals surface area contributed by atoms with Gasteiger partial charge in [-0.25, -0.2) is 9.78 Å². The minimum atomic E-state index is -1.07. The predicted molar refractivity (Wildman–Crippen MR) is 63.7 cm³/mol. The van der Waals surface area contributed by atoms with Gasteiger partial charge < -0.3 is 5.11 Å². The molecular weight excluding hydrogens is 234 g/mol. The molecule has 5 heteroatoms. The zero-order chi connectivity index (χ0) is 11.3. The van der Waals surface area contributed by atoms with Crippen molar-refractivity contribution in [2.45, 2.75) is 6.42 Å². The molecule has 1 aromatic heterocycles. The Labute approximate surface area is 98.2 Å². The first-order valence-corrected chi connectivity index (χ1v) is 5.32. The molecule has 0 aliphatic carbocycles. The smallest absolute Gasteiger partial charge is 0.338 e. The summed E-state index contributed by atoms with van der Waals surface area (Å²) in [6.07, 6.45) is 6.06. The maximum absolute atomic E-state index is 10.7. The highest BCUT2D eigenvalue weighted by atomic mass is 35.5. The second-order valence-electron chi connectivity index (χ2n) is 2.83. The number of aromatic carboxylic acids is 1. The maximum atomic E-state index is 10.7. The van der Waals surface area contributed by atoms with Crippen LogP contribution in [-0.4, -0.2) is 21.8 Å². The molecule has 15 heavy (non-hydrogen) atoms. The number of carboxylic acid groups (broad SMARTS) is 1. The topological polar surface area (TPSA) is 50.2 Å². The van der Waals surface area contributed by atoms with Crippen LogP contribution in [0.15, 0.2) is 18.3 Å². The molecule has 80 valence electrons. The summed E-state index contributed by atoms with van der Waals surface area (Å²) in [5, 5.41) is 8.81. The summed E-state index contributed by atoms with van der Waals surface area (Å²) in [6.45, 7) is 0. The van der Waals surface area contributed by atoms with Crippen LogP contribution in [0.1, 0.15) is 22.3 Å². The van der Waals surface area contributed by atoms with E-state index in [4.69, 9.17) is 16.7 Å². The number of halogens is 1. The first-order chi connectivity index (χ1) is 7.15. The Morgan fingerprint density at radius 1 is 1.67 bits per heavy atom. The number of rotatable bonds is 4. The molecule has 0 radical (unpaired) electrons. The van der Waals surface area contributed by atoms with Crippen LogP contribution in [0, 0.1) is 0 Å². The predicted octanol–water partition coefficient (Wildman–Crippen LogP) is 2.77. The summed E-state index contributed by atoms with van der Waals surface area (Å²) in [7, 11) is 0. The highest BCUT2D eigenvalue weighted by molar-refractivity contribution is 7.80. The lowest BCUT2D eigenvalue weighted by Crippen LogP contribution is -1.99. The molecule has 0 unspecified atom stereocenters. The molecule has 1 rings (SSSR count). The van der Waals surface area contributed by atoms with Gasteiger partial charge >= 0.3 is 5.97 Å². The van der Waals surface area contributed by atoms with E-state index < -0.39 is 5.97 Å². The van der Waals surface area contributed by atoms with Crippen LogP contribution in [0.5, 0.6) is 0 Å². The molecule has 0 aliphatic heterocycles. The van der Waals surface area contributed by atoms with Crippen molar-refractivity contribution in [3.8, 4) is 0 Å². The van der Waals surface area contributed by atoms with Crippen LogP contribution in [-0.2, 0) is 0 Å². The summed E-state index contributed by atoms with van der Waals surface area (Å²) in [5.74, 6) is -0.319. The van der Waals surface area contributed by atoms with Gasteiger partial charge in [-0.3, -0.25) is 0 Å². The molecule has 0 aliphatic rings. The Morgan fingerprint density at radius 3 is 3.00 bits per heavy atom. The van der Waals surface area contributed by atoms with Gasteiger partial charge in [-0.15, -0.1) is 0 Å². The van der Waals surface area contributed by atoms with Crippen molar-refractivity contribution in [2.75, 3.05) is 5.75 Å². The maximum Gasteiger partial charge on any atom is 0.338 e. The third-order valence-corrected chi connectivity index (χ3v) is 2.26. The molecule has 3 nitrogen and oxygen atoms in total. The van der Waals surface area contributed by atoms with E-state index in [1.807, 2.05) is 6.08 Å². The number of hydrogen-bond acceptors (Lipinski definition) is 3. The van der Waals surface area contributed by atoms with Crippen LogP contribution in [0.4, 0.5) is 0 Å². The molecule has 0 aromatic carbocycles. The van der Waals surface area contributed by atoms with Crippen molar-refractivity contribution in [3.63, 3.8) is 0 Å². The Balaban J connectivity index is 2.92. The zero-order valence-corrected chi connectivity index (χ0v) is 9.50. The van der Waals surface area contributed by atoms with Gasteiger partial charge in [0.1, 0.15) is 5.15 Å². The number of thiol groups is 1. The second kappa shape index (κ2) is 5.78. The normalized spacial score (nSPS) is 10.8. The van der Waals surface area contributed by atoms with Crippen molar-refractivity contribution < 1.29 is 9.90 Å². The number of carbonyl (C=O) groups is 1. The van der Waals surface area contributed by atoms with Crippen molar-refractivity contribution in [3.05, 3.63) is 34.6 Å². The zero-order valence-electron chi connectivity index (χ0n) is 7.85. The van der Waals surface area contributed by atoms with E-state index in [0.29, 0.717) is 0 Å². The lowest BCUT2D eigenvalue weighted by atomic mass is 10.2. The standard InChI is InChI=1S/C10H10ClNO2S/c11-9-8(10(13)14)5-7(6-12-9)3-1-2-4-15/h1,3,5-6,15H,2,4H2,(H,13,14). The number of nitrogens with zero attached hydrogens (tertiary/aromatic N) is 1. The first kappa shape index (κ1) is 12.1. The quantitative estimate of drug-likeness (QED) is 0.632. The molecule has 0 saturated heterocycles. The summed E-state index contributed by atoms with van der Waals surface area (Å²) >= 11 is 9.68. The van der Waals surface area contributed by atoms with Gasteiger partial charge in [0.05, 0.1) is 5.56 Å². The lowest BCUT2D eigenvalue weighted by molar-refractivity contribution is 0.0696. The van der Waals surface area contributed by atoms with Crippen molar-refractivity contribution in [1.82, 2.24) is 4.98 Å². The summed E-state index contributed by atoms with van der Waals surface area (Å²) in [6, 6.07) is 1.49. The minimum absolute atomic E-state index is 0.00819. The van der Waals surface area contributed by atoms with Crippen molar-refractivity contribution in [2.24, 2.45) is 0 Å². The molecule has 0 atom stereocenters. The van der Waals surface area contributed by atoms with Crippen molar-refractivity contribution in [1.29, 1.82) is 0 Å². The first-order valence-electron chi connectivity index (χ1n) is 4.31. The van der Waals surface area contributed by atoms with Gasteiger partial charge in [0.15, 0.2) is 0 Å². The average Bonchev–Trinajstić information content (AvgIpc) is 2.20. The number of pyridine rings is 1. The van der Waals surface area contributed by atoms with Gasteiger partial charge in [-0.1, -0.05) is 23.8 Å². The molecule has 0 saturated carbocycles. The Bertz CT molecular complexity index is 393. The summed E-state index contributed by atoms with van der Waals surface area (Å²) < 4.78 is 0. The number of carboxylic acids is 1. The van der Waals surface area contributed by atoms with Crippen LogP contribution in [0.3, 0.4) is 0 Å². The minimum Gasteiger partial charge on any atom is -0.478 e. The second-order valence-corrected chi connectivity index (χ2v) is 3.63. The molecule has 1 N–H and O–H groups in total. The van der Waals surface area contributed by atoms with E-state index in [0.717, 1.165) is 17.7 Å². The number of aromatic nitrogens is 1. The fourth-order valence-electron chi connectivity index (χ4n) is 0.999. The van der Waals surface area contributed by atoms with Gasteiger partial charge in [0.25, 0.3) is 0 Å². The Morgan fingerprint density at radius 2 is 2.40 bits per heavy atom. The molecule has 0 spiro atoms. The lowest BCUT2D eigenvalue weighted by Gasteiger charge is -1.99. The average molecular weight is 244 g/mol. The van der Waals surface area contributed by atoms with E-state index in [2.05, 4.69) is 17.6 Å². The highest BCUT2D eigenvalue weighted by Gasteiger charge is 2.09. The van der Waals surface area contributed by atoms with E-state index >= 15 is 0 Å². The Hall–Kier alpha value is -1.00. The van der Waals surface area contributed by atoms with E-state index in [9.17, 15) is 4.79 Å². The van der Waals surface area contributed by atoms with Crippen molar-refractivity contribution >= 4 is 36.3 Å². The van der Waals surface area contributed by atoms with Gasteiger partial charge in [-0.2, -0.15) is 12.6 Å². The summed E-state index contributed by atoms with van der Waals surface area (Å²) in [4.78, 5) is 14.5. The summed E-state index contributed by atoms with van der Waals surface area (Å²) in [5.41, 5.74) is 0.739. The molecule has 1 aromatic rings. The largest absolute Gasteiger partial charge is 0.478 e. The Kier molecular flexibility index (Phi) is 4.65. The fraction of sp³-hybridized carbons (Fsp3) is 0.200. The van der Waals surface area contributed by atoms with Crippen LogP contribution >= 0.6 is 24.2 Å². The SMILES string of the molecule is O=C(O)c1cc(C=CCCS)cnc1Cl. The molecule has 0 amide bonds. The van der Waals surface area contributed by atoms with Gasteiger partial charge in [0, 0.05) is 6.20 Å². The molecule has 0 bridgehead atoms. The molecule has 0 fully saturated rings. The monoisotopic (exact) mass is 243 g/mol. The molecule has 1 heterocycles. The van der Waals surface area contributed by atoms with E-state index in [-0.39, 0.29) is 10.7 Å². The number of allylic oxidation sites excluding steroid dienone is 1. The van der Waals surface area contributed by atoms with Crippen LogP contribution in [0.2, 0.25) is 5.15 Å². The van der Waals surface area contributed by atoms with E-state index in [1.165, 1.54) is 12.3 Å².